The second kappa shape index (κ2) is 6.22. The molecule has 0 aliphatic heterocycles. The predicted octanol–water partition coefficient (Wildman–Crippen LogP) is 2.40. The van der Waals surface area contributed by atoms with Crippen molar-refractivity contribution in [3.63, 3.8) is 0 Å². The zero-order chi connectivity index (χ0) is 18.3. The number of nitrogens with two attached hydrogens (primary N) is 1. The number of sulfonamides is 1. The van der Waals surface area contributed by atoms with E-state index in [1.807, 2.05) is 6.20 Å². The highest BCUT2D eigenvalue weighted by Crippen LogP contribution is 2.37. The molecule has 0 amide bonds. The second-order valence-electron chi connectivity index (χ2n) is 5.97. The monoisotopic (exact) mass is 388 g/mol. The number of benzene rings is 1. The zero-order valence-electron chi connectivity index (χ0n) is 13.9. The number of aromatic nitrogens is 3. The number of hydrogen-bond donors (Lipinski definition) is 3. The Morgan fingerprint density at radius 2 is 1.85 bits per heavy atom. The summed E-state index contributed by atoms with van der Waals surface area (Å²) in [5.74, 6) is 0.465. The van der Waals surface area contributed by atoms with E-state index in [1.54, 1.807) is 24.3 Å². The zero-order valence-corrected chi connectivity index (χ0v) is 15.5. The Morgan fingerprint density at radius 3 is 2.58 bits per heavy atom. The molecular weight excluding hydrogens is 372 g/mol. The fraction of sp³-hybridized carbons (Fsp3) is 0.188. The lowest BCUT2D eigenvalue weighted by molar-refractivity contribution is 0.607. The summed E-state index contributed by atoms with van der Waals surface area (Å²) >= 11 is 1.44. The van der Waals surface area contributed by atoms with Gasteiger partial charge in [-0.05, 0) is 42.7 Å². The molecule has 0 unspecified atom stereocenters. The largest absolute Gasteiger partial charge is 0.375 e. The van der Waals surface area contributed by atoms with Crippen LogP contribution in [0.3, 0.4) is 0 Å². The standard InChI is InChI=1S/C16H16N6O2S2/c1-26(23,24)22-11-5-3-10(4-6-11)19-16-18-8-9-2-7-12-14(13(9)21-16)25-15(17)20-12/h3-6,8,22H,2,7H2,1H3,(H2,17,20)(H,18,19,21). The molecule has 0 bridgehead atoms. The van der Waals surface area contributed by atoms with Crippen LogP contribution in [-0.4, -0.2) is 29.6 Å². The van der Waals surface area contributed by atoms with E-state index in [-0.39, 0.29) is 0 Å². The minimum atomic E-state index is -3.30. The number of rotatable bonds is 4. The number of nitrogens with one attached hydrogen (secondary N) is 2. The highest BCUT2D eigenvalue weighted by atomic mass is 32.2. The van der Waals surface area contributed by atoms with Gasteiger partial charge in [0.2, 0.25) is 16.0 Å². The third-order valence-corrected chi connectivity index (χ3v) is 5.41. The van der Waals surface area contributed by atoms with Crippen LogP contribution in [0.25, 0.3) is 10.6 Å². The number of anilines is 4. The maximum absolute atomic E-state index is 11.3. The first-order chi connectivity index (χ1) is 12.4. The molecule has 0 radical (unpaired) electrons. The lowest BCUT2D eigenvalue weighted by atomic mass is 10.00. The molecule has 4 N–H and O–H groups in total. The highest BCUT2D eigenvalue weighted by Gasteiger charge is 2.22. The van der Waals surface area contributed by atoms with Gasteiger partial charge >= 0.3 is 0 Å². The number of fused-ring (bicyclic) bond motifs is 3. The van der Waals surface area contributed by atoms with Crippen LogP contribution < -0.4 is 15.8 Å². The van der Waals surface area contributed by atoms with Crippen LogP contribution in [0.1, 0.15) is 11.3 Å². The number of hydrogen-bond acceptors (Lipinski definition) is 8. The Bertz CT molecular complexity index is 1080. The second-order valence-corrected chi connectivity index (χ2v) is 8.75. The fourth-order valence-electron chi connectivity index (χ4n) is 2.79. The van der Waals surface area contributed by atoms with Crippen LogP contribution in [0.15, 0.2) is 30.5 Å². The number of nitrogens with zero attached hydrogens (tertiary/aromatic N) is 3. The number of nitrogen functional groups attached to an aromatic ring is 1. The van der Waals surface area contributed by atoms with E-state index in [4.69, 9.17) is 5.73 Å². The summed E-state index contributed by atoms with van der Waals surface area (Å²) in [6.07, 6.45) is 4.63. The SMILES string of the molecule is CS(=O)(=O)Nc1ccc(Nc2ncc3c(n2)-c2sc(N)nc2CC3)cc1. The lowest BCUT2D eigenvalue weighted by Gasteiger charge is -2.15. The van der Waals surface area contributed by atoms with Crippen LogP contribution in [0.5, 0.6) is 0 Å². The van der Waals surface area contributed by atoms with Crippen molar-refractivity contribution in [3.8, 4) is 10.6 Å². The van der Waals surface area contributed by atoms with Crippen molar-refractivity contribution in [2.24, 2.45) is 0 Å². The number of aryl methyl sites for hydroxylation is 2. The Labute approximate surface area is 154 Å². The summed E-state index contributed by atoms with van der Waals surface area (Å²) in [6.45, 7) is 0. The van der Waals surface area contributed by atoms with Crippen molar-refractivity contribution in [3.05, 3.63) is 41.7 Å². The molecule has 134 valence electrons. The van der Waals surface area contributed by atoms with E-state index >= 15 is 0 Å². The third kappa shape index (κ3) is 3.46. The van der Waals surface area contributed by atoms with Gasteiger partial charge in [-0.1, -0.05) is 11.3 Å². The van der Waals surface area contributed by atoms with E-state index in [0.717, 1.165) is 46.6 Å². The van der Waals surface area contributed by atoms with Crippen LogP contribution in [-0.2, 0) is 22.9 Å². The number of thiazole rings is 1. The smallest absolute Gasteiger partial charge is 0.229 e. The summed E-state index contributed by atoms with van der Waals surface area (Å²) in [4.78, 5) is 14.4. The summed E-state index contributed by atoms with van der Waals surface area (Å²) in [6, 6.07) is 6.85. The highest BCUT2D eigenvalue weighted by molar-refractivity contribution is 7.92. The maximum atomic E-state index is 11.3. The molecule has 8 nitrogen and oxygen atoms in total. The average Bonchev–Trinajstić information content (AvgIpc) is 2.96. The summed E-state index contributed by atoms with van der Waals surface area (Å²) in [5, 5.41) is 3.68. The average molecular weight is 388 g/mol. The lowest BCUT2D eigenvalue weighted by Crippen LogP contribution is -2.09. The van der Waals surface area contributed by atoms with Crippen LogP contribution >= 0.6 is 11.3 Å². The molecule has 0 fully saturated rings. The molecule has 4 rings (SSSR count). The molecule has 26 heavy (non-hydrogen) atoms. The van der Waals surface area contributed by atoms with Crippen molar-refractivity contribution < 1.29 is 8.42 Å². The molecule has 0 saturated heterocycles. The topological polar surface area (TPSA) is 123 Å². The van der Waals surface area contributed by atoms with E-state index < -0.39 is 10.0 Å². The Morgan fingerprint density at radius 1 is 1.12 bits per heavy atom. The molecule has 1 aromatic carbocycles. The van der Waals surface area contributed by atoms with Gasteiger partial charge in [0.25, 0.3) is 0 Å². The minimum absolute atomic E-state index is 0.465. The first-order valence-corrected chi connectivity index (χ1v) is 10.5. The van der Waals surface area contributed by atoms with Crippen molar-refractivity contribution in [1.82, 2.24) is 15.0 Å². The van der Waals surface area contributed by atoms with Crippen molar-refractivity contribution in [2.45, 2.75) is 12.8 Å². The molecule has 1 aliphatic rings. The normalized spacial score (nSPS) is 13.0. The Hall–Kier alpha value is -2.72. The molecule has 2 aromatic heterocycles. The molecule has 3 aromatic rings. The van der Waals surface area contributed by atoms with Crippen LogP contribution in [0.2, 0.25) is 0 Å². The van der Waals surface area contributed by atoms with E-state index in [1.165, 1.54) is 11.3 Å². The van der Waals surface area contributed by atoms with E-state index in [9.17, 15) is 8.42 Å². The van der Waals surface area contributed by atoms with Gasteiger partial charge in [0.05, 0.1) is 22.5 Å². The van der Waals surface area contributed by atoms with E-state index in [2.05, 4.69) is 25.0 Å². The molecule has 0 atom stereocenters. The first kappa shape index (κ1) is 16.7. The summed E-state index contributed by atoms with van der Waals surface area (Å²) in [5.41, 5.74) is 10.0. The van der Waals surface area contributed by atoms with Gasteiger partial charge in [-0.15, -0.1) is 0 Å². The van der Waals surface area contributed by atoms with Crippen LogP contribution in [0.4, 0.5) is 22.5 Å². The fourth-order valence-corrected chi connectivity index (χ4v) is 4.26. The van der Waals surface area contributed by atoms with E-state index in [0.29, 0.717) is 16.8 Å². The molecule has 0 spiro atoms. The van der Waals surface area contributed by atoms with Crippen molar-refractivity contribution in [1.29, 1.82) is 0 Å². The molecule has 1 aliphatic carbocycles. The van der Waals surface area contributed by atoms with Gasteiger partial charge < -0.3 is 11.1 Å². The molecular formula is C16H16N6O2S2. The third-order valence-electron chi connectivity index (χ3n) is 3.87. The quantitative estimate of drug-likeness (QED) is 0.627. The van der Waals surface area contributed by atoms with Gasteiger partial charge in [-0.2, -0.15) is 0 Å². The first-order valence-electron chi connectivity index (χ1n) is 7.84. The predicted molar refractivity (Wildman–Crippen MR) is 103 cm³/mol. The van der Waals surface area contributed by atoms with Crippen LogP contribution in [0, 0.1) is 0 Å². The minimum Gasteiger partial charge on any atom is -0.375 e. The van der Waals surface area contributed by atoms with Crippen molar-refractivity contribution >= 4 is 43.8 Å². The van der Waals surface area contributed by atoms with Crippen molar-refractivity contribution in [2.75, 3.05) is 22.0 Å². The Balaban J connectivity index is 1.58. The molecule has 0 saturated carbocycles. The molecule has 2 heterocycles. The van der Waals surface area contributed by atoms with Gasteiger partial charge in [0, 0.05) is 17.6 Å². The Kier molecular flexibility index (Phi) is 4.00. The summed E-state index contributed by atoms with van der Waals surface area (Å²) in [7, 11) is -3.30. The maximum Gasteiger partial charge on any atom is 0.229 e. The van der Waals surface area contributed by atoms with Gasteiger partial charge in [0.15, 0.2) is 5.13 Å². The van der Waals surface area contributed by atoms with Gasteiger partial charge in [0.1, 0.15) is 0 Å². The summed E-state index contributed by atoms with van der Waals surface area (Å²) < 4.78 is 24.9. The van der Waals surface area contributed by atoms with Gasteiger partial charge in [-0.3, -0.25) is 4.72 Å². The molecule has 10 heteroatoms. The van der Waals surface area contributed by atoms with Gasteiger partial charge in [-0.25, -0.2) is 23.4 Å².